The largest absolute Gasteiger partial charge is 0.457 e. The Kier molecular flexibility index (Phi) is 3.59. The Bertz CT molecular complexity index is 600. The number of para-hydroxylation sites is 1. The highest BCUT2D eigenvalue weighted by Crippen LogP contribution is 2.20. The van der Waals surface area contributed by atoms with Crippen LogP contribution in [-0.4, -0.2) is 23.9 Å². The number of piperidine rings is 1. The molecule has 104 valence electrons. The van der Waals surface area contributed by atoms with Crippen LogP contribution in [0.3, 0.4) is 0 Å². The summed E-state index contributed by atoms with van der Waals surface area (Å²) in [6, 6.07) is 9.81. The molecule has 0 bridgehead atoms. The summed E-state index contributed by atoms with van der Waals surface area (Å²) < 4.78 is 5.67. The topological polar surface area (TPSA) is 33.5 Å². The van der Waals surface area contributed by atoms with Gasteiger partial charge in [0.1, 0.15) is 11.3 Å². The van der Waals surface area contributed by atoms with Crippen LogP contribution < -0.4 is 0 Å². The molecule has 3 nitrogen and oxygen atoms in total. The lowest BCUT2D eigenvalue weighted by molar-refractivity contribution is -0.127. The zero-order valence-corrected chi connectivity index (χ0v) is 11.7. The number of rotatable bonds is 2. The Labute approximate surface area is 118 Å². The summed E-state index contributed by atoms with van der Waals surface area (Å²) in [5, 5.41) is 1.06. The van der Waals surface area contributed by atoms with Crippen LogP contribution in [0.15, 0.2) is 40.8 Å². The number of likely N-dealkylation sites (tertiary alicyclic amines) is 1. The fourth-order valence-corrected chi connectivity index (χ4v) is 2.57. The molecule has 20 heavy (non-hydrogen) atoms. The molecule has 0 N–H and O–H groups in total. The summed E-state index contributed by atoms with van der Waals surface area (Å²) in [7, 11) is 0. The first-order chi connectivity index (χ1) is 9.72. The fourth-order valence-electron chi connectivity index (χ4n) is 2.57. The van der Waals surface area contributed by atoms with E-state index in [1.165, 1.54) is 0 Å². The molecule has 2 heterocycles. The van der Waals surface area contributed by atoms with E-state index in [1.807, 2.05) is 35.2 Å². The number of carbonyl (C=O) groups is 1. The Morgan fingerprint density at radius 1 is 1.30 bits per heavy atom. The van der Waals surface area contributed by atoms with Gasteiger partial charge in [0.05, 0.1) is 0 Å². The van der Waals surface area contributed by atoms with Crippen LogP contribution in [0.2, 0.25) is 0 Å². The van der Waals surface area contributed by atoms with Gasteiger partial charge in [-0.3, -0.25) is 4.79 Å². The predicted octanol–water partition coefficient (Wildman–Crippen LogP) is 3.70. The second-order valence-electron chi connectivity index (χ2n) is 5.53. The summed E-state index contributed by atoms with van der Waals surface area (Å²) in [5.41, 5.74) is 0.853. The van der Waals surface area contributed by atoms with Gasteiger partial charge in [-0.1, -0.05) is 25.1 Å². The smallest absolute Gasteiger partial charge is 0.246 e. The lowest BCUT2D eigenvalue weighted by Crippen LogP contribution is -2.36. The van der Waals surface area contributed by atoms with Crippen molar-refractivity contribution < 1.29 is 9.21 Å². The van der Waals surface area contributed by atoms with Crippen molar-refractivity contribution in [1.82, 2.24) is 4.90 Å². The van der Waals surface area contributed by atoms with E-state index in [9.17, 15) is 4.79 Å². The van der Waals surface area contributed by atoms with Gasteiger partial charge in [0, 0.05) is 24.6 Å². The molecule has 1 fully saturated rings. The zero-order valence-electron chi connectivity index (χ0n) is 11.7. The lowest BCUT2D eigenvalue weighted by Gasteiger charge is -2.29. The third-order valence-corrected chi connectivity index (χ3v) is 3.93. The van der Waals surface area contributed by atoms with E-state index in [1.54, 1.807) is 12.2 Å². The number of benzene rings is 1. The number of fused-ring (bicyclic) bond motifs is 1. The highest BCUT2D eigenvalue weighted by Gasteiger charge is 2.18. The molecule has 2 aromatic rings. The summed E-state index contributed by atoms with van der Waals surface area (Å²) in [5.74, 6) is 1.54. The molecule has 0 radical (unpaired) electrons. The second kappa shape index (κ2) is 5.53. The number of hydrogen-bond acceptors (Lipinski definition) is 2. The van der Waals surface area contributed by atoms with Gasteiger partial charge >= 0.3 is 0 Å². The van der Waals surface area contributed by atoms with E-state index in [0.717, 1.165) is 48.6 Å². The van der Waals surface area contributed by atoms with Crippen LogP contribution in [0.1, 0.15) is 25.5 Å². The normalized spacial score (nSPS) is 17.1. The van der Waals surface area contributed by atoms with E-state index in [2.05, 4.69) is 6.92 Å². The van der Waals surface area contributed by atoms with Crippen LogP contribution in [0.25, 0.3) is 17.0 Å². The Morgan fingerprint density at radius 3 is 2.80 bits per heavy atom. The Hall–Kier alpha value is -2.03. The number of amides is 1. The highest BCUT2D eigenvalue weighted by atomic mass is 16.3. The van der Waals surface area contributed by atoms with Crippen molar-refractivity contribution in [2.45, 2.75) is 19.8 Å². The quantitative estimate of drug-likeness (QED) is 0.779. The molecule has 0 aliphatic carbocycles. The second-order valence-corrected chi connectivity index (χ2v) is 5.53. The molecule has 1 aromatic carbocycles. The monoisotopic (exact) mass is 269 g/mol. The number of hydrogen-bond donors (Lipinski definition) is 0. The van der Waals surface area contributed by atoms with Crippen molar-refractivity contribution in [3.05, 3.63) is 42.2 Å². The van der Waals surface area contributed by atoms with Gasteiger partial charge in [0.15, 0.2) is 0 Å². The van der Waals surface area contributed by atoms with E-state index in [4.69, 9.17) is 4.42 Å². The molecule has 0 saturated carbocycles. The minimum absolute atomic E-state index is 0.0809. The fraction of sp³-hybridized carbons (Fsp3) is 0.353. The summed E-state index contributed by atoms with van der Waals surface area (Å²) in [4.78, 5) is 14.0. The third-order valence-electron chi connectivity index (χ3n) is 3.93. The minimum Gasteiger partial charge on any atom is -0.457 e. The van der Waals surface area contributed by atoms with Gasteiger partial charge in [-0.2, -0.15) is 0 Å². The van der Waals surface area contributed by atoms with Crippen molar-refractivity contribution in [1.29, 1.82) is 0 Å². The standard InChI is InChI=1S/C17H19NO2/c1-13-8-10-18(11-9-13)17(19)7-6-15-12-14-4-2-3-5-16(14)20-15/h2-7,12-13H,8-11H2,1H3/b7-6+. The van der Waals surface area contributed by atoms with Crippen molar-refractivity contribution in [2.75, 3.05) is 13.1 Å². The summed E-state index contributed by atoms with van der Waals surface area (Å²) in [6.45, 7) is 3.97. The van der Waals surface area contributed by atoms with Crippen molar-refractivity contribution in [2.24, 2.45) is 5.92 Å². The van der Waals surface area contributed by atoms with Gasteiger partial charge in [0.2, 0.25) is 5.91 Å². The molecule has 0 atom stereocenters. The zero-order chi connectivity index (χ0) is 13.9. The predicted molar refractivity (Wildman–Crippen MR) is 80.2 cm³/mol. The van der Waals surface area contributed by atoms with Crippen LogP contribution in [0, 0.1) is 5.92 Å². The first-order valence-corrected chi connectivity index (χ1v) is 7.18. The van der Waals surface area contributed by atoms with Crippen LogP contribution in [0.4, 0.5) is 0 Å². The molecular formula is C17H19NO2. The van der Waals surface area contributed by atoms with E-state index >= 15 is 0 Å². The molecule has 1 aromatic heterocycles. The van der Waals surface area contributed by atoms with E-state index in [-0.39, 0.29) is 5.91 Å². The molecule has 1 amide bonds. The van der Waals surface area contributed by atoms with Crippen molar-refractivity contribution in [3.63, 3.8) is 0 Å². The first-order valence-electron chi connectivity index (χ1n) is 7.18. The van der Waals surface area contributed by atoms with Gasteiger partial charge in [-0.25, -0.2) is 0 Å². The van der Waals surface area contributed by atoms with Crippen molar-refractivity contribution in [3.8, 4) is 0 Å². The molecule has 1 aliphatic rings. The van der Waals surface area contributed by atoms with Gasteiger partial charge < -0.3 is 9.32 Å². The van der Waals surface area contributed by atoms with Crippen LogP contribution >= 0.6 is 0 Å². The molecule has 0 spiro atoms. The molecule has 1 aliphatic heterocycles. The minimum atomic E-state index is 0.0809. The lowest BCUT2D eigenvalue weighted by atomic mass is 9.99. The maximum atomic E-state index is 12.1. The SMILES string of the molecule is CC1CCN(C(=O)/C=C/c2cc3ccccc3o2)CC1. The Balaban J connectivity index is 1.68. The summed E-state index contributed by atoms with van der Waals surface area (Å²) >= 11 is 0. The number of carbonyl (C=O) groups excluding carboxylic acids is 1. The molecule has 1 saturated heterocycles. The maximum Gasteiger partial charge on any atom is 0.246 e. The van der Waals surface area contributed by atoms with E-state index < -0.39 is 0 Å². The molecule has 0 unspecified atom stereocenters. The average molecular weight is 269 g/mol. The first kappa shape index (κ1) is 13.0. The van der Waals surface area contributed by atoms with Gasteiger partial charge in [-0.15, -0.1) is 0 Å². The molecule has 3 rings (SSSR count). The van der Waals surface area contributed by atoms with Crippen molar-refractivity contribution >= 4 is 23.0 Å². The third kappa shape index (κ3) is 2.77. The Morgan fingerprint density at radius 2 is 2.05 bits per heavy atom. The molecular weight excluding hydrogens is 250 g/mol. The van der Waals surface area contributed by atoms with Crippen LogP contribution in [-0.2, 0) is 4.79 Å². The number of furan rings is 1. The highest BCUT2D eigenvalue weighted by molar-refractivity contribution is 5.92. The van der Waals surface area contributed by atoms with E-state index in [0.29, 0.717) is 0 Å². The van der Waals surface area contributed by atoms with Crippen LogP contribution in [0.5, 0.6) is 0 Å². The maximum absolute atomic E-state index is 12.1. The molecule has 3 heteroatoms. The van der Waals surface area contributed by atoms with Gasteiger partial charge in [-0.05, 0) is 37.0 Å². The number of nitrogens with zero attached hydrogens (tertiary/aromatic N) is 1. The average Bonchev–Trinajstić information content (AvgIpc) is 2.88. The van der Waals surface area contributed by atoms with Gasteiger partial charge in [0.25, 0.3) is 0 Å². The summed E-state index contributed by atoms with van der Waals surface area (Å²) in [6.07, 6.45) is 5.59.